The first kappa shape index (κ1) is 14.0. The summed E-state index contributed by atoms with van der Waals surface area (Å²) in [6.45, 7) is 8.57. The summed E-state index contributed by atoms with van der Waals surface area (Å²) < 4.78 is 5.91. The zero-order valence-electron chi connectivity index (χ0n) is 11.6. The summed E-state index contributed by atoms with van der Waals surface area (Å²) in [7, 11) is 0. The van der Waals surface area contributed by atoms with E-state index in [4.69, 9.17) is 4.74 Å². The highest BCUT2D eigenvalue weighted by Gasteiger charge is 2.40. The Labute approximate surface area is 114 Å². The van der Waals surface area contributed by atoms with Crippen LogP contribution in [0, 0.1) is 5.92 Å². The first-order chi connectivity index (χ1) is 8.68. The van der Waals surface area contributed by atoms with Crippen LogP contribution < -0.4 is 5.32 Å². The van der Waals surface area contributed by atoms with Gasteiger partial charge in [0.25, 0.3) is 0 Å². The lowest BCUT2D eigenvalue weighted by atomic mass is 9.83. The van der Waals surface area contributed by atoms with E-state index in [0.29, 0.717) is 12.0 Å². The minimum absolute atomic E-state index is 0.0391. The molecule has 0 aromatic carbocycles. The van der Waals surface area contributed by atoms with Crippen LogP contribution in [-0.4, -0.2) is 24.2 Å². The summed E-state index contributed by atoms with van der Waals surface area (Å²) in [5.41, 5.74) is 0.0391. The minimum atomic E-state index is 0.0391. The Kier molecular flexibility index (Phi) is 4.76. The van der Waals surface area contributed by atoms with Gasteiger partial charge in [-0.15, -0.1) is 11.3 Å². The number of aromatic nitrogens is 1. The average Bonchev–Trinajstić information content (AvgIpc) is 2.91. The summed E-state index contributed by atoms with van der Waals surface area (Å²) in [5, 5.41) is 7.04. The fraction of sp³-hybridized carbons (Fsp3) is 0.786. The molecule has 0 bridgehead atoms. The summed E-state index contributed by atoms with van der Waals surface area (Å²) in [5.74, 6) is 0.563. The average molecular weight is 268 g/mol. The molecule has 1 fully saturated rings. The Balaban J connectivity index is 2.19. The third-order valence-corrected chi connectivity index (χ3v) is 4.69. The molecule has 1 saturated heterocycles. The molecule has 2 unspecified atom stereocenters. The second kappa shape index (κ2) is 6.13. The summed E-state index contributed by atoms with van der Waals surface area (Å²) >= 11 is 1.76. The molecule has 0 amide bonds. The largest absolute Gasteiger partial charge is 0.378 e. The Hall–Kier alpha value is -0.450. The van der Waals surface area contributed by atoms with E-state index in [9.17, 15) is 0 Å². The predicted molar refractivity (Wildman–Crippen MR) is 75.9 cm³/mol. The van der Waals surface area contributed by atoms with Gasteiger partial charge in [0, 0.05) is 18.2 Å². The van der Waals surface area contributed by atoms with Crippen molar-refractivity contribution in [1.29, 1.82) is 0 Å². The molecule has 2 atom stereocenters. The summed E-state index contributed by atoms with van der Waals surface area (Å²) in [4.78, 5) is 4.56. The number of nitrogens with one attached hydrogen (secondary N) is 1. The standard InChI is InChI=1S/C14H24N2OS/c1-4-6-16-14(13-15-7-9-18-13)5-8-17-12(10-14)11(2)3/h7,9,11-12,16H,4-6,8,10H2,1-3H3. The second-order valence-corrected chi connectivity index (χ2v) is 6.35. The Morgan fingerprint density at radius 1 is 1.61 bits per heavy atom. The molecule has 1 N–H and O–H groups in total. The van der Waals surface area contributed by atoms with Gasteiger partial charge < -0.3 is 10.1 Å². The van der Waals surface area contributed by atoms with Gasteiger partial charge in [0.2, 0.25) is 0 Å². The van der Waals surface area contributed by atoms with Crippen molar-refractivity contribution in [2.24, 2.45) is 5.92 Å². The van der Waals surface area contributed by atoms with E-state index in [2.05, 4.69) is 36.5 Å². The van der Waals surface area contributed by atoms with Crippen molar-refractivity contribution in [2.75, 3.05) is 13.2 Å². The minimum Gasteiger partial charge on any atom is -0.378 e. The zero-order valence-corrected chi connectivity index (χ0v) is 12.4. The maximum absolute atomic E-state index is 5.91. The van der Waals surface area contributed by atoms with E-state index in [-0.39, 0.29) is 5.54 Å². The summed E-state index contributed by atoms with van der Waals surface area (Å²) in [6.07, 6.45) is 5.48. The summed E-state index contributed by atoms with van der Waals surface area (Å²) in [6, 6.07) is 0. The van der Waals surface area contributed by atoms with Crippen molar-refractivity contribution in [1.82, 2.24) is 10.3 Å². The van der Waals surface area contributed by atoms with Crippen LogP contribution in [0.15, 0.2) is 11.6 Å². The highest BCUT2D eigenvalue weighted by Crippen LogP contribution is 2.37. The molecule has 0 aliphatic carbocycles. The van der Waals surface area contributed by atoms with E-state index in [1.54, 1.807) is 11.3 Å². The molecule has 1 aromatic rings. The van der Waals surface area contributed by atoms with Gasteiger partial charge in [0.15, 0.2) is 0 Å². The third kappa shape index (κ3) is 2.92. The highest BCUT2D eigenvalue weighted by atomic mass is 32.1. The van der Waals surface area contributed by atoms with Crippen molar-refractivity contribution in [2.45, 2.75) is 51.7 Å². The zero-order chi connectivity index (χ0) is 13.0. The Morgan fingerprint density at radius 2 is 2.44 bits per heavy atom. The quantitative estimate of drug-likeness (QED) is 0.890. The fourth-order valence-electron chi connectivity index (χ4n) is 2.57. The normalized spacial score (nSPS) is 28.8. The van der Waals surface area contributed by atoms with Crippen LogP contribution in [0.3, 0.4) is 0 Å². The number of ether oxygens (including phenoxy) is 1. The molecule has 0 saturated carbocycles. The van der Waals surface area contributed by atoms with Gasteiger partial charge in [-0.05, 0) is 31.7 Å². The first-order valence-electron chi connectivity index (χ1n) is 6.94. The molecule has 0 radical (unpaired) electrons. The van der Waals surface area contributed by atoms with E-state index >= 15 is 0 Å². The third-order valence-electron chi connectivity index (χ3n) is 3.71. The van der Waals surface area contributed by atoms with Crippen molar-refractivity contribution < 1.29 is 4.74 Å². The van der Waals surface area contributed by atoms with Crippen LogP contribution in [0.5, 0.6) is 0 Å². The second-order valence-electron chi connectivity index (χ2n) is 5.45. The molecule has 0 spiro atoms. The van der Waals surface area contributed by atoms with Crippen LogP contribution in [-0.2, 0) is 10.3 Å². The van der Waals surface area contributed by atoms with E-state index in [1.807, 2.05) is 6.20 Å². The maximum atomic E-state index is 5.91. The van der Waals surface area contributed by atoms with E-state index < -0.39 is 0 Å². The van der Waals surface area contributed by atoms with Crippen molar-refractivity contribution >= 4 is 11.3 Å². The number of rotatable bonds is 5. The highest BCUT2D eigenvalue weighted by molar-refractivity contribution is 7.09. The molecule has 1 aliphatic heterocycles. The lowest BCUT2D eigenvalue weighted by Gasteiger charge is -2.41. The van der Waals surface area contributed by atoms with Crippen LogP contribution in [0.1, 0.15) is 45.0 Å². The van der Waals surface area contributed by atoms with E-state index in [0.717, 1.165) is 32.4 Å². The van der Waals surface area contributed by atoms with Gasteiger partial charge in [-0.2, -0.15) is 0 Å². The lowest BCUT2D eigenvalue weighted by molar-refractivity contribution is -0.0534. The number of hydrogen-bond acceptors (Lipinski definition) is 4. The molecule has 2 rings (SSSR count). The van der Waals surface area contributed by atoms with Crippen LogP contribution in [0.25, 0.3) is 0 Å². The lowest BCUT2D eigenvalue weighted by Crippen LogP contribution is -2.50. The van der Waals surface area contributed by atoms with Gasteiger partial charge in [-0.3, -0.25) is 0 Å². The Morgan fingerprint density at radius 3 is 3.06 bits per heavy atom. The van der Waals surface area contributed by atoms with Gasteiger partial charge in [-0.25, -0.2) is 4.98 Å². The van der Waals surface area contributed by atoms with Crippen LogP contribution >= 0.6 is 11.3 Å². The molecule has 2 heterocycles. The molecule has 18 heavy (non-hydrogen) atoms. The predicted octanol–water partition coefficient (Wildman–Crippen LogP) is 3.17. The van der Waals surface area contributed by atoms with Gasteiger partial charge >= 0.3 is 0 Å². The number of hydrogen-bond donors (Lipinski definition) is 1. The van der Waals surface area contributed by atoms with Gasteiger partial charge in [0.1, 0.15) is 5.01 Å². The number of thiazole rings is 1. The molecule has 4 heteroatoms. The van der Waals surface area contributed by atoms with Crippen molar-refractivity contribution in [3.8, 4) is 0 Å². The Bertz CT molecular complexity index is 353. The number of nitrogens with zero attached hydrogens (tertiary/aromatic N) is 1. The monoisotopic (exact) mass is 268 g/mol. The van der Waals surface area contributed by atoms with Crippen LogP contribution in [0.2, 0.25) is 0 Å². The van der Waals surface area contributed by atoms with Crippen LogP contribution in [0.4, 0.5) is 0 Å². The van der Waals surface area contributed by atoms with E-state index in [1.165, 1.54) is 5.01 Å². The topological polar surface area (TPSA) is 34.2 Å². The van der Waals surface area contributed by atoms with Crippen molar-refractivity contribution in [3.63, 3.8) is 0 Å². The van der Waals surface area contributed by atoms with Crippen molar-refractivity contribution in [3.05, 3.63) is 16.6 Å². The molecule has 1 aromatic heterocycles. The molecular formula is C14H24N2OS. The molecule has 1 aliphatic rings. The fourth-order valence-corrected chi connectivity index (χ4v) is 3.43. The maximum Gasteiger partial charge on any atom is 0.113 e. The first-order valence-corrected chi connectivity index (χ1v) is 7.82. The van der Waals surface area contributed by atoms with Gasteiger partial charge in [0.05, 0.1) is 11.6 Å². The van der Waals surface area contributed by atoms with Gasteiger partial charge in [-0.1, -0.05) is 20.8 Å². The molecule has 3 nitrogen and oxygen atoms in total. The molecule has 102 valence electrons. The SMILES string of the molecule is CCCNC1(c2nccs2)CCOC(C(C)C)C1. The smallest absolute Gasteiger partial charge is 0.113 e. The molecular weight excluding hydrogens is 244 g/mol.